The zero-order chi connectivity index (χ0) is 18.6. The summed E-state index contributed by atoms with van der Waals surface area (Å²) in [5.41, 5.74) is 0.176. The van der Waals surface area contributed by atoms with E-state index in [2.05, 4.69) is 20.0 Å². The van der Waals surface area contributed by atoms with Gasteiger partial charge in [0.1, 0.15) is 5.75 Å². The molecule has 1 aliphatic rings. The molecule has 9 heteroatoms. The Bertz CT molecular complexity index is 794. The number of aromatic amines is 1. The van der Waals surface area contributed by atoms with Crippen LogP contribution in [-0.2, 0) is 6.54 Å². The van der Waals surface area contributed by atoms with Crippen molar-refractivity contribution in [2.45, 2.75) is 31.8 Å². The van der Waals surface area contributed by atoms with Gasteiger partial charge in [0, 0.05) is 43.6 Å². The van der Waals surface area contributed by atoms with Gasteiger partial charge in [0.25, 0.3) is 5.56 Å². The lowest BCUT2D eigenvalue weighted by Crippen LogP contribution is -2.47. The molecule has 0 spiro atoms. The van der Waals surface area contributed by atoms with Gasteiger partial charge in [0.15, 0.2) is 5.82 Å². The predicted molar refractivity (Wildman–Crippen MR) is 90.1 cm³/mol. The van der Waals surface area contributed by atoms with Gasteiger partial charge in [-0.3, -0.25) is 4.79 Å². The number of anilines is 1. The third-order valence-corrected chi connectivity index (χ3v) is 4.19. The highest BCUT2D eigenvalue weighted by Crippen LogP contribution is 2.26. The number of alkyl halides is 3. The molecule has 6 nitrogen and oxygen atoms in total. The van der Waals surface area contributed by atoms with Crippen LogP contribution in [0.1, 0.15) is 18.4 Å². The van der Waals surface area contributed by atoms with E-state index in [-0.39, 0.29) is 23.9 Å². The van der Waals surface area contributed by atoms with Gasteiger partial charge in [-0.1, -0.05) is 18.2 Å². The number of hydrogen-bond acceptors (Lipinski definition) is 5. The van der Waals surface area contributed by atoms with E-state index in [4.69, 9.17) is 0 Å². The Kier molecular flexibility index (Phi) is 5.46. The summed E-state index contributed by atoms with van der Waals surface area (Å²) in [5.74, 6) is 0.154. The Balaban J connectivity index is 1.64. The quantitative estimate of drug-likeness (QED) is 0.848. The Labute approximate surface area is 148 Å². The van der Waals surface area contributed by atoms with Crippen molar-refractivity contribution in [2.75, 3.05) is 18.0 Å². The van der Waals surface area contributed by atoms with Crippen molar-refractivity contribution in [3.63, 3.8) is 0 Å². The van der Waals surface area contributed by atoms with Gasteiger partial charge in [-0.05, 0) is 18.9 Å². The van der Waals surface area contributed by atoms with Crippen molar-refractivity contribution >= 4 is 5.82 Å². The number of aromatic nitrogens is 2. The molecule has 26 heavy (non-hydrogen) atoms. The second-order valence-corrected chi connectivity index (χ2v) is 6.06. The largest absolute Gasteiger partial charge is 0.573 e. The standard InChI is InChI=1S/C17H19F3N4O2/c18-17(19,20)26-14-6-2-1-4-12(14)10-23-13-5-3-9-24(11-13)15-16(25)22-8-7-21-15/h1-2,4,6-8,13,23H,3,5,9-11H2,(H,22,25). The maximum atomic E-state index is 12.5. The van der Waals surface area contributed by atoms with Gasteiger partial charge in [-0.15, -0.1) is 13.2 Å². The predicted octanol–water partition coefficient (Wildman–Crippen LogP) is 2.43. The number of nitrogens with zero attached hydrogens (tertiary/aromatic N) is 2. The Morgan fingerprint density at radius 3 is 2.92 bits per heavy atom. The van der Waals surface area contributed by atoms with Crippen LogP contribution < -0.4 is 20.5 Å². The zero-order valence-electron chi connectivity index (χ0n) is 13.9. The normalized spacial score (nSPS) is 18.0. The minimum Gasteiger partial charge on any atom is -0.405 e. The molecule has 0 aliphatic carbocycles. The number of para-hydroxylation sites is 1. The van der Waals surface area contributed by atoms with Crippen LogP contribution in [0.2, 0.25) is 0 Å². The van der Waals surface area contributed by atoms with Crippen molar-refractivity contribution in [2.24, 2.45) is 0 Å². The first-order chi connectivity index (χ1) is 12.4. The maximum Gasteiger partial charge on any atom is 0.573 e. The second-order valence-electron chi connectivity index (χ2n) is 6.06. The summed E-state index contributed by atoms with van der Waals surface area (Å²) in [6.07, 6.45) is -0.00273. The SMILES string of the molecule is O=c1[nH]ccnc1N1CCCC(NCc2ccccc2OC(F)(F)F)C1. The molecule has 1 fully saturated rings. The minimum atomic E-state index is -4.72. The molecule has 140 valence electrons. The average Bonchev–Trinajstić information content (AvgIpc) is 2.60. The number of benzene rings is 1. The lowest BCUT2D eigenvalue weighted by atomic mass is 10.1. The first kappa shape index (κ1) is 18.2. The van der Waals surface area contributed by atoms with E-state index in [0.29, 0.717) is 24.5 Å². The highest BCUT2D eigenvalue weighted by molar-refractivity contribution is 5.36. The Morgan fingerprint density at radius 1 is 1.35 bits per heavy atom. The molecule has 0 amide bonds. The summed E-state index contributed by atoms with van der Waals surface area (Å²) >= 11 is 0. The number of nitrogens with one attached hydrogen (secondary N) is 2. The molecular formula is C17H19F3N4O2. The molecule has 1 aromatic carbocycles. The van der Waals surface area contributed by atoms with Gasteiger partial charge in [0.05, 0.1) is 0 Å². The summed E-state index contributed by atoms with van der Waals surface area (Å²) in [4.78, 5) is 20.5. The topological polar surface area (TPSA) is 70.2 Å². The molecule has 1 aliphatic heterocycles. The number of hydrogen-bond donors (Lipinski definition) is 2. The number of piperidine rings is 1. The minimum absolute atomic E-state index is 0.0316. The smallest absolute Gasteiger partial charge is 0.405 e. The third kappa shape index (κ3) is 4.75. The van der Waals surface area contributed by atoms with Crippen LogP contribution in [0.15, 0.2) is 41.5 Å². The molecule has 1 atom stereocenters. The first-order valence-corrected chi connectivity index (χ1v) is 8.28. The van der Waals surface area contributed by atoms with Crippen LogP contribution >= 0.6 is 0 Å². The maximum absolute atomic E-state index is 12.5. The van der Waals surface area contributed by atoms with Crippen LogP contribution in [0.25, 0.3) is 0 Å². The molecule has 2 heterocycles. The second kappa shape index (κ2) is 7.77. The van der Waals surface area contributed by atoms with E-state index in [0.717, 1.165) is 12.8 Å². The molecule has 2 aromatic rings. The molecule has 1 unspecified atom stereocenters. The van der Waals surface area contributed by atoms with Gasteiger partial charge < -0.3 is 19.9 Å². The summed E-state index contributed by atoms with van der Waals surface area (Å²) in [5, 5.41) is 3.25. The van der Waals surface area contributed by atoms with Gasteiger partial charge in [-0.25, -0.2) is 4.98 Å². The van der Waals surface area contributed by atoms with Gasteiger partial charge in [0.2, 0.25) is 0 Å². The van der Waals surface area contributed by atoms with Gasteiger partial charge in [-0.2, -0.15) is 0 Å². The van der Waals surface area contributed by atoms with Crippen LogP contribution in [0.4, 0.5) is 19.0 Å². The fourth-order valence-corrected chi connectivity index (χ4v) is 3.03. The Morgan fingerprint density at radius 2 is 2.15 bits per heavy atom. The van der Waals surface area contributed by atoms with E-state index in [1.165, 1.54) is 24.5 Å². The molecule has 0 radical (unpaired) electrons. The molecule has 3 rings (SSSR count). The van der Waals surface area contributed by atoms with Crippen molar-refractivity contribution in [3.05, 3.63) is 52.6 Å². The summed E-state index contributed by atoms with van der Waals surface area (Å²) in [6.45, 7) is 1.51. The van der Waals surface area contributed by atoms with Gasteiger partial charge >= 0.3 is 6.36 Å². The molecule has 0 saturated carbocycles. The van der Waals surface area contributed by atoms with Crippen molar-refractivity contribution in [3.8, 4) is 5.75 Å². The number of halogens is 3. The lowest BCUT2D eigenvalue weighted by molar-refractivity contribution is -0.274. The first-order valence-electron chi connectivity index (χ1n) is 8.28. The average molecular weight is 368 g/mol. The highest BCUT2D eigenvalue weighted by Gasteiger charge is 2.32. The molecule has 0 bridgehead atoms. The van der Waals surface area contributed by atoms with E-state index in [9.17, 15) is 18.0 Å². The third-order valence-electron chi connectivity index (χ3n) is 4.19. The lowest BCUT2D eigenvalue weighted by Gasteiger charge is -2.33. The van der Waals surface area contributed by atoms with Crippen LogP contribution in [0.5, 0.6) is 5.75 Å². The molecule has 1 saturated heterocycles. The number of ether oxygens (including phenoxy) is 1. The van der Waals surface area contributed by atoms with E-state index < -0.39 is 6.36 Å². The van der Waals surface area contributed by atoms with Crippen molar-refractivity contribution in [1.29, 1.82) is 0 Å². The molecular weight excluding hydrogens is 349 g/mol. The fourth-order valence-electron chi connectivity index (χ4n) is 3.03. The van der Waals surface area contributed by atoms with E-state index in [1.807, 2.05) is 4.90 Å². The van der Waals surface area contributed by atoms with E-state index >= 15 is 0 Å². The summed E-state index contributed by atoms with van der Waals surface area (Å²) < 4.78 is 41.6. The monoisotopic (exact) mass is 368 g/mol. The van der Waals surface area contributed by atoms with Crippen LogP contribution in [-0.4, -0.2) is 35.5 Å². The van der Waals surface area contributed by atoms with Crippen molar-refractivity contribution in [1.82, 2.24) is 15.3 Å². The van der Waals surface area contributed by atoms with Crippen molar-refractivity contribution < 1.29 is 17.9 Å². The zero-order valence-corrected chi connectivity index (χ0v) is 13.9. The van der Waals surface area contributed by atoms with Crippen LogP contribution in [0, 0.1) is 0 Å². The number of H-pyrrole nitrogens is 1. The summed E-state index contributed by atoms with van der Waals surface area (Å²) in [7, 11) is 0. The number of rotatable bonds is 5. The molecule has 2 N–H and O–H groups in total. The van der Waals surface area contributed by atoms with Crippen LogP contribution in [0.3, 0.4) is 0 Å². The fraction of sp³-hybridized carbons (Fsp3) is 0.412. The molecule has 1 aromatic heterocycles. The summed E-state index contributed by atoms with van der Waals surface area (Å²) in [6, 6.07) is 6.09. The Hall–Kier alpha value is -2.55. The highest BCUT2D eigenvalue weighted by atomic mass is 19.4. The van der Waals surface area contributed by atoms with E-state index in [1.54, 1.807) is 12.1 Å².